The van der Waals surface area contributed by atoms with Crippen LogP contribution in [0.1, 0.15) is 65.7 Å². The molecule has 27 heavy (non-hydrogen) atoms. The normalized spacial score (nSPS) is 48.9. The molecule has 0 spiro atoms. The number of ketones is 1. The van der Waals surface area contributed by atoms with E-state index < -0.39 is 12.2 Å². The molecule has 0 radical (unpaired) electrons. The van der Waals surface area contributed by atoms with Crippen molar-refractivity contribution in [3.05, 3.63) is 11.6 Å². The summed E-state index contributed by atoms with van der Waals surface area (Å²) >= 11 is 0. The zero-order valence-electron chi connectivity index (χ0n) is 16.6. The fraction of sp³-hybridized carbons (Fsp3) is 0.818. The lowest BCUT2D eigenvalue weighted by molar-refractivity contribution is -0.151. The van der Waals surface area contributed by atoms with Gasteiger partial charge in [0.2, 0.25) is 0 Å². The van der Waals surface area contributed by atoms with Gasteiger partial charge in [0.1, 0.15) is 6.10 Å². The first-order chi connectivity index (χ1) is 12.7. The van der Waals surface area contributed by atoms with Gasteiger partial charge in [-0.3, -0.25) is 9.59 Å². The Bertz CT molecular complexity index is 684. The molecule has 0 aromatic heterocycles. The third kappa shape index (κ3) is 2.72. The zero-order chi connectivity index (χ0) is 19.6. The Hall–Kier alpha value is -1.20. The lowest BCUT2D eigenvalue weighted by atomic mass is 9.47. The topological polar surface area (TPSA) is 83.8 Å². The molecule has 0 saturated heterocycles. The fourth-order valence-electron chi connectivity index (χ4n) is 6.73. The van der Waals surface area contributed by atoms with Crippen LogP contribution in [-0.4, -0.2) is 40.3 Å². The minimum absolute atomic E-state index is 0.0408. The Kier molecular flexibility index (Phi) is 4.54. The molecular formula is C22H32O5. The Labute approximate surface area is 161 Å². The molecule has 3 saturated carbocycles. The molecule has 4 aliphatic carbocycles. The Morgan fingerprint density at radius 1 is 1.22 bits per heavy atom. The molecule has 0 bridgehead atoms. The van der Waals surface area contributed by atoms with Crippen molar-refractivity contribution in [1.29, 1.82) is 0 Å². The van der Waals surface area contributed by atoms with Gasteiger partial charge in [-0.05, 0) is 60.8 Å². The summed E-state index contributed by atoms with van der Waals surface area (Å²) in [5.41, 5.74) is 0.718. The Morgan fingerprint density at radius 2 is 1.96 bits per heavy atom. The first-order valence-corrected chi connectivity index (χ1v) is 10.5. The van der Waals surface area contributed by atoms with Crippen molar-refractivity contribution in [1.82, 2.24) is 0 Å². The quantitative estimate of drug-likeness (QED) is 0.724. The van der Waals surface area contributed by atoms with Gasteiger partial charge in [-0.2, -0.15) is 0 Å². The molecule has 0 aromatic rings. The lowest BCUT2D eigenvalue weighted by Crippen LogP contribution is -2.54. The summed E-state index contributed by atoms with van der Waals surface area (Å²) in [6, 6.07) is 0. The molecule has 5 heteroatoms. The van der Waals surface area contributed by atoms with E-state index in [0.29, 0.717) is 19.3 Å². The van der Waals surface area contributed by atoms with Crippen molar-refractivity contribution in [2.24, 2.45) is 28.6 Å². The maximum Gasteiger partial charge on any atom is 0.305 e. The number of ether oxygens (including phenoxy) is 1. The van der Waals surface area contributed by atoms with Crippen LogP contribution in [0.3, 0.4) is 0 Å². The zero-order valence-corrected chi connectivity index (χ0v) is 16.6. The molecule has 0 amide bonds. The van der Waals surface area contributed by atoms with Gasteiger partial charge in [-0.1, -0.05) is 26.3 Å². The van der Waals surface area contributed by atoms with Crippen LogP contribution in [0.5, 0.6) is 0 Å². The van der Waals surface area contributed by atoms with E-state index in [1.807, 2.05) is 13.0 Å². The van der Waals surface area contributed by atoms with Crippen LogP contribution >= 0.6 is 0 Å². The number of fused-ring (bicyclic) bond motifs is 5. The van der Waals surface area contributed by atoms with Crippen molar-refractivity contribution in [2.75, 3.05) is 0 Å². The van der Waals surface area contributed by atoms with Crippen LogP contribution in [-0.2, 0) is 14.3 Å². The van der Waals surface area contributed by atoms with Crippen LogP contribution in [0.2, 0.25) is 0 Å². The van der Waals surface area contributed by atoms with E-state index in [4.69, 9.17) is 4.74 Å². The first kappa shape index (κ1) is 19.1. The monoisotopic (exact) mass is 376 g/mol. The highest BCUT2D eigenvalue weighted by molar-refractivity contribution is 5.94. The highest BCUT2D eigenvalue weighted by atomic mass is 16.5. The predicted molar refractivity (Wildman–Crippen MR) is 99.7 cm³/mol. The van der Waals surface area contributed by atoms with Gasteiger partial charge in [0.15, 0.2) is 5.78 Å². The molecule has 4 aliphatic rings. The van der Waals surface area contributed by atoms with Gasteiger partial charge in [-0.15, -0.1) is 0 Å². The maximum absolute atomic E-state index is 13.2. The summed E-state index contributed by atoms with van der Waals surface area (Å²) < 4.78 is 5.56. The number of allylic oxidation sites excluding steroid dienone is 1. The van der Waals surface area contributed by atoms with Crippen molar-refractivity contribution in [3.8, 4) is 0 Å². The van der Waals surface area contributed by atoms with Gasteiger partial charge in [0, 0.05) is 18.8 Å². The number of esters is 1. The predicted octanol–water partition coefficient (Wildman–Crippen LogP) is 2.78. The average molecular weight is 376 g/mol. The first-order valence-electron chi connectivity index (χ1n) is 10.5. The van der Waals surface area contributed by atoms with Crippen LogP contribution < -0.4 is 0 Å². The van der Waals surface area contributed by atoms with E-state index >= 15 is 0 Å². The highest BCUT2D eigenvalue weighted by Crippen LogP contribution is 2.64. The van der Waals surface area contributed by atoms with Crippen LogP contribution in [0.15, 0.2) is 11.6 Å². The fourth-order valence-corrected chi connectivity index (χ4v) is 6.73. The van der Waals surface area contributed by atoms with Crippen molar-refractivity contribution >= 4 is 11.8 Å². The van der Waals surface area contributed by atoms with E-state index in [9.17, 15) is 19.8 Å². The number of aliphatic hydroxyl groups excluding tert-OH is 2. The van der Waals surface area contributed by atoms with Crippen LogP contribution in [0.25, 0.3) is 0 Å². The number of carbonyl (C=O) groups is 2. The summed E-state index contributed by atoms with van der Waals surface area (Å²) in [5.74, 6) is 0.153. The number of hydrogen-bond acceptors (Lipinski definition) is 5. The molecule has 8 atom stereocenters. The van der Waals surface area contributed by atoms with E-state index in [1.165, 1.54) is 0 Å². The smallest absolute Gasteiger partial charge is 0.305 e. The van der Waals surface area contributed by atoms with Crippen molar-refractivity contribution in [3.63, 3.8) is 0 Å². The van der Waals surface area contributed by atoms with Gasteiger partial charge < -0.3 is 14.9 Å². The van der Waals surface area contributed by atoms with Crippen LogP contribution in [0, 0.1) is 28.6 Å². The molecule has 4 rings (SSSR count). The number of rotatable bonds is 2. The molecule has 0 heterocycles. The third-order valence-electron chi connectivity index (χ3n) is 8.46. The Balaban J connectivity index is 1.63. The van der Waals surface area contributed by atoms with E-state index in [2.05, 4.69) is 6.92 Å². The van der Waals surface area contributed by atoms with Crippen LogP contribution in [0.4, 0.5) is 0 Å². The Morgan fingerprint density at radius 3 is 2.67 bits per heavy atom. The summed E-state index contributed by atoms with van der Waals surface area (Å²) in [7, 11) is 0. The largest absolute Gasteiger partial charge is 0.462 e. The second kappa shape index (κ2) is 6.41. The number of aliphatic hydroxyl groups is 2. The minimum atomic E-state index is -0.737. The molecule has 5 nitrogen and oxygen atoms in total. The summed E-state index contributed by atoms with van der Waals surface area (Å²) in [5, 5.41) is 20.8. The number of carbonyl (C=O) groups excluding carboxylic acids is 2. The molecule has 0 aromatic carbocycles. The van der Waals surface area contributed by atoms with E-state index in [-0.39, 0.29) is 46.4 Å². The van der Waals surface area contributed by atoms with Gasteiger partial charge in [0.05, 0.1) is 12.2 Å². The SMILES string of the molecule is CCC(=O)O[C@H]1CC[C@@]2(C)C(=CC(=O)[C@H]3[C@@H]4C[C@@H](O)[C@H](O)[C@@]4(C)CC[C@@H]32)C1. The van der Waals surface area contributed by atoms with Crippen molar-refractivity contribution < 1.29 is 24.5 Å². The molecule has 2 N–H and O–H groups in total. The molecule has 0 aliphatic heterocycles. The third-order valence-corrected chi connectivity index (χ3v) is 8.46. The maximum atomic E-state index is 13.2. The lowest BCUT2D eigenvalue weighted by Gasteiger charge is -2.56. The molecular weight excluding hydrogens is 344 g/mol. The molecule has 0 unspecified atom stereocenters. The standard InChI is InChI=1S/C22H32O5/c1-4-18(25)27-13-5-7-21(2)12(9-13)10-16(23)19-14(21)6-8-22(3)15(19)11-17(24)20(22)26/h10,13-15,17,19-20,24,26H,4-9,11H2,1-3H3/t13-,14-,15-,17+,19+,20-,21-,22-/m0/s1. The second-order valence-electron chi connectivity index (χ2n) is 9.73. The molecule has 150 valence electrons. The summed E-state index contributed by atoms with van der Waals surface area (Å²) in [6.45, 7) is 6.11. The van der Waals surface area contributed by atoms with Gasteiger partial charge in [0.25, 0.3) is 0 Å². The van der Waals surface area contributed by atoms with E-state index in [0.717, 1.165) is 31.3 Å². The molecule has 3 fully saturated rings. The second-order valence-corrected chi connectivity index (χ2v) is 9.73. The van der Waals surface area contributed by atoms with Gasteiger partial charge in [-0.25, -0.2) is 0 Å². The minimum Gasteiger partial charge on any atom is -0.462 e. The van der Waals surface area contributed by atoms with Crippen molar-refractivity contribution in [2.45, 2.75) is 84.0 Å². The summed E-state index contributed by atoms with van der Waals surface area (Å²) in [4.78, 5) is 24.8. The highest BCUT2D eigenvalue weighted by Gasteiger charge is 2.62. The summed E-state index contributed by atoms with van der Waals surface area (Å²) in [6.07, 6.45) is 5.29. The van der Waals surface area contributed by atoms with Gasteiger partial charge >= 0.3 is 5.97 Å². The van der Waals surface area contributed by atoms with E-state index in [1.54, 1.807) is 6.92 Å². The number of hydrogen-bond donors (Lipinski definition) is 2. The average Bonchev–Trinajstić information content (AvgIpc) is 2.86.